The van der Waals surface area contributed by atoms with Crippen LogP contribution in [0.1, 0.15) is 19.0 Å². The van der Waals surface area contributed by atoms with Gasteiger partial charge >= 0.3 is 0 Å². The molecule has 0 aliphatic rings. The van der Waals surface area contributed by atoms with Crippen molar-refractivity contribution in [1.29, 1.82) is 0 Å². The van der Waals surface area contributed by atoms with Crippen molar-refractivity contribution >= 4 is 15.7 Å². The normalized spacial score (nSPS) is 11.1. The summed E-state index contributed by atoms with van der Waals surface area (Å²) < 4.78 is 32.5. The molecule has 0 saturated heterocycles. The maximum Gasteiger partial charge on any atom is 0.261 e. The van der Waals surface area contributed by atoms with Crippen LogP contribution in [-0.2, 0) is 10.0 Å². The largest absolute Gasteiger partial charge is 0.494 e. The van der Waals surface area contributed by atoms with Crippen molar-refractivity contribution in [2.24, 2.45) is 0 Å². The second kappa shape index (κ2) is 6.58. The summed E-state index contributed by atoms with van der Waals surface area (Å²) in [5.74, 6) is 0.663. The van der Waals surface area contributed by atoms with E-state index >= 15 is 0 Å². The van der Waals surface area contributed by atoms with Crippen LogP contribution in [0, 0.1) is 6.92 Å². The molecule has 0 bridgehead atoms. The van der Waals surface area contributed by atoms with Crippen LogP contribution in [0.5, 0.6) is 5.75 Å². The number of nitrogens with zero attached hydrogens (tertiary/aromatic N) is 1. The fourth-order valence-electron chi connectivity index (χ4n) is 1.76. The van der Waals surface area contributed by atoms with Gasteiger partial charge in [0.15, 0.2) is 0 Å². The Labute approximate surface area is 125 Å². The van der Waals surface area contributed by atoms with Crippen molar-refractivity contribution in [3.63, 3.8) is 0 Å². The van der Waals surface area contributed by atoms with Gasteiger partial charge in [-0.2, -0.15) is 0 Å². The number of hydrogen-bond acceptors (Lipinski definition) is 4. The van der Waals surface area contributed by atoms with E-state index in [1.807, 2.05) is 6.92 Å². The Bertz CT molecular complexity index is 697. The molecule has 21 heavy (non-hydrogen) atoms. The number of anilines is 1. The van der Waals surface area contributed by atoms with Gasteiger partial charge in [-0.15, -0.1) is 0 Å². The Morgan fingerprint density at radius 2 is 1.90 bits per heavy atom. The summed E-state index contributed by atoms with van der Waals surface area (Å²) in [6.45, 7) is 4.43. The first kappa shape index (κ1) is 15.3. The lowest BCUT2D eigenvalue weighted by Gasteiger charge is -2.09. The van der Waals surface area contributed by atoms with E-state index in [4.69, 9.17) is 4.74 Å². The van der Waals surface area contributed by atoms with Crippen LogP contribution in [-0.4, -0.2) is 20.0 Å². The highest BCUT2D eigenvalue weighted by atomic mass is 32.2. The molecule has 0 unspecified atom stereocenters. The van der Waals surface area contributed by atoms with Crippen molar-refractivity contribution in [1.82, 2.24) is 4.98 Å². The number of sulfonamides is 1. The van der Waals surface area contributed by atoms with Crippen molar-refractivity contribution in [3.05, 3.63) is 48.3 Å². The second-order valence-corrected chi connectivity index (χ2v) is 6.29. The van der Waals surface area contributed by atoms with E-state index < -0.39 is 10.0 Å². The van der Waals surface area contributed by atoms with Crippen LogP contribution in [0.4, 0.5) is 5.69 Å². The molecule has 2 aromatic rings. The van der Waals surface area contributed by atoms with E-state index in [0.717, 1.165) is 12.1 Å². The van der Waals surface area contributed by atoms with Gasteiger partial charge in [0.1, 0.15) is 5.75 Å². The molecule has 0 amide bonds. The van der Waals surface area contributed by atoms with E-state index in [0.29, 0.717) is 18.0 Å². The quantitative estimate of drug-likeness (QED) is 0.891. The van der Waals surface area contributed by atoms with Gasteiger partial charge in [-0.1, -0.05) is 6.92 Å². The van der Waals surface area contributed by atoms with Crippen molar-refractivity contribution < 1.29 is 13.2 Å². The van der Waals surface area contributed by atoms with Crippen LogP contribution in [0.2, 0.25) is 0 Å². The van der Waals surface area contributed by atoms with Gasteiger partial charge in [0.2, 0.25) is 0 Å². The molecule has 0 aliphatic heterocycles. The minimum atomic E-state index is -3.60. The van der Waals surface area contributed by atoms with Gasteiger partial charge in [0.25, 0.3) is 10.0 Å². The highest BCUT2D eigenvalue weighted by molar-refractivity contribution is 7.92. The molecule has 1 heterocycles. The van der Waals surface area contributed by atoms with Crippen molar-refractivity contribution in [3.8, 4) is 5.75 Å². The monoisotopic (exact) mass is 306 g/mol. The molecule has 112 valence electrons. The summed E-state index contributed by atoms with van der Waals surface area (Å²) in [5, 5.41) is 0. The summed E-state index contributed by atoms with van der Waals surface area (Å²) in [6, 6.07) is 9.66. The second-order valence-electron chi connectivity index (χ2n) is 4.61. The average Bonchev–Trinajstić information content (AvgIpc) is 2.45. The lowest BCUT2D eigenvalue weighted by Crippen LogP contribution is -2.13. The predicted octanol–water partition coefficient (Wildman–Crippen LogP) is 2.98. The molecule has 0 radical (unpaired) electrons. The van der Waals surface area contributed by atoms with Gasteiger partial charge in [0.05, 0.1) is 17.2 Å². The Hall–Kier alpha value is -2.08. The van der Waals surface area contributed by atoms with Crippen LogP contribution in [0.15, 0.2) is 47.5 Å². The molecule has 1 N–H and O–H groups in total. The first-order chi connectivity index (χ1) is 10.0. The third-order valence-electron chi connectivity index (χ3n) is 2.76. The molecule has 0 saturated carbocycles. The van der Waals surface area contributed by atoms with Crippen LogP contribution >= 0.6 is 0 Å². The molecular weight excluding hydrogens is 288 g/mol. The summed E-state index contributed by atoms with van der Waals surface area (Å²) in [5.41, 5.74) is 1.24. The Balaban J connectivity index is 2.15. The number of aromatic nitrogens is 1. The SMILES string of the molecule is CCCOc1ccc(S(=O)(=O)Nc2ccnc(C)c2)cc1. The molecule has 1 aromatic heterocycles. The fourth-order valence-corrected chi connectivity index (χ4v) is 2.81. The minimum Gasteiger partial charge on any atom is -0.494 e. The summed E-state index contributed by atoms with van der Waals surface area (Å²) in [6.07, 6.45) is 2.47. The lowest BCUT2D eigenvalue weighted by molar-refractivity contribution is 0.317. The van der Waals surface area contributed by atoms with Gasteiger partial charge < -0.3 is 4.74 Å². The highest BCUT2D eigenvalue weighted by Crippen LogP contribution is 2.19. The summed E-state index contributed by atoms with van der Waals surface area (Å²) >= 11 is 0. The standard InChI is InChI=1S/C15H18N2O3S/c1-3-10-20-14-4-6-15(7-5-14)21(18,19)17-13-8-9-16-12(2)11-13/h4-9,11H,3,10H2,1-2H3,(H,16,17). The van der Waals surface area contributed by atoms with E-state index in [-0.39, 0.29) is 4.90 Å². The molecule has 0 atom stereocenters. The predicted molar refractivity (Wildman–Crippen MR) is 82.0 cm³/mol. The highest BCUT2D eigenvalue weighted by Gasteiger charge is 2.14. The fraction of sp³-hybridized carbons (Fsp3) is 0.267. The number of pyridine rings is 1. The van der Waals surface area contributed by atoms with Gasteiger partial charge in [0, 0.05) is 11.9 Å². The number of benzene rings is 1. The zero-order valence-corrected chi connectivity index (χ0v) is 12.9. The molecule has 1 aromatic carbocycles. The van der Waals surface area contributed by atoms with E-state index in [2.05, 4.69) is 9.71 Å². The zero-order chi connectivity index (χ0) is 15.3. The average molecular weight is 306 g/mol. The van der Waals surface area contributed by atoms with Crippen molar-refractivity contribution in [2.45, 2.75) is 25.2 Å². The summed E-state index contributed by atoms with van der Waals surface area (Å²) in [4.78, 5) is 4.23. The Morgan fingerprint density at radius 3 is 2.52 bits per heavy atom. The maximum absolute atomic E-state index is 12.3. The molecule has 0 aliphatic carbocycles. The number of rotatable bonds is 6. The van der Waals surface area contributed by atoms with E-state index in [1.54, 1.807) is 37.4 Å². The topological polar surface area (TPSA) is 68.3 Å². The number of ether oxygens (including phenoxy) is 1. The van der Waals surface area contributed by atoms with E-state index in [9.17, 15) is 8.42 Å². The van der Waals surface area contributed by atoms with Crippen LogP contribution in [0.25, 0.3) is 0 Å². The molecule has 0 spiro atoms. The first-order valence-electron chi connectivity index (χ1n) is 6.69. The molecule has 5 nitrogen and oxygen atoms in total. The maximum atomic E-state index is 12.3. The van der Waals surface area contributed by atoms with Gasteiger partial charge in [-0.05, 0) is 49.7 Å². The third-order valence-corrected chi connectivity index (χ3v) is 4.15. The number of nitrogens with one attached hydrogen (secondary N) is 1. The third kappa shape index (κ3) is 4.19. The number of hydrogen-bond donors (Lipinski definition) is 1. The molecular formula is C15H18N2O3S. The molecule has 6 heteroatoms. The lowest BCUT2D eigenvalue weighted by atomic mass is 10.3. The van der Waals surface area contributed by atoms with Crippen LogP contribution in [0.3, 0.4) is 0 Å². The van der Waals surface area contributed by atoms with Crippen molar-refractivity contribution in [2.75, 3.05) is 11.3 Å². The molecule has 0 fully saturated rings. The Kier molecular flexibility index (Phi) is 4.80. The first-order valence-corrected chi connectivity index (χ1v) is 8.18. The zero-order valence-electron chi connectivity index (χ0n) is 12.0. The van der Waals surface area contributed by atoms with E-state index in [1.165, 1.54) is 12.1 Å². The van der Waals surface area contributed by atoms with Gasteiger partial charge in [-0.3, -0.25) is 9.71 Å². The molecule has 2 rings (SSSR count). The smallest absolute Gasteiger partial charge is 0.261 e. The van der Waals surface area contributed by atoms with Gasteiger partial charge in [-0.25, -0.2) is 8.42 Å². The number of aryl methyl sites for hydroxylation is 1. The Morgan fingerprint density at radius 1 is 1.19 bits per heavy atom. The van der Waals surface area contributed by atoms with Crippen LogP contribution < -0.4 is 9.46 Å². The minimum absolute atomic E-state index is 0.195. The summed E-state index contributed by atoms with van der Waals surface area (Å²) in [7, 11) is -3.60.